The standard InChI is InChI=1S/C5H12N2O.C5H10O2/c8-4-5-3-6-1-2-7-5;1-5(2,3)7-4-6/h5-8H,1-4H2;4H,1-3H3. The molecule has 90 valence electrons. The summed E-state index contributed by atoms with van der Waals surface area (Å²) in [6.07, 6.45) is 0. The van der Waals surface area contributed by atoms with Gasteiger partial charge >= 0.3 is 0 Å². The second-order valence-corrected chi connectivity index (χ2v) is 4.36. The summed E-state index contributed by atoms with van der Waals surface area (Å²) in [4.78, 5) is 9.60. The smallest absolute Gasteiger partial charge is 0.293 e. The van der Waals surface area contributed by atoms with E-state index < -0.39 is 0 Å². The van der Waals surface area contributed by atoms with Gasteiger partial charge in [-0.2, -0.15) is 0 Å². The van der Waals surface area contributed by atoms with E-state index in [0.29, 0.717) is 6.47 Å². The minimum absolute atomic E-state index is 0.243. The predicted molar refractivity (Wildman–Crippen MR) is 58.6 cm³/mol. The molecule has 5 nitrogen and oxygen atoms in total. The predicted octanol–water partition coefficient (Wildman–Crippen LogP) is -0.502. The lowest BCUT2D eigenvalue weighted by Gasteiger charge is -2.21. The van der Waals surface area contributed by atoms with Crippen LogP contribution in [0.3, 0.4) is 0 Å². The van der Waals surface area contributed by atoms with Crippen molar-refractivity contribution in [1.82, 2.24) is 10.6 Å². The lowest BCUT2D eigenvalue weighted by Crippen LogP contribution is -2.49. The van der Waals surface area contributed by atoms with Gasteiger partial charge in [0, 0.05) is 25.7 Å². The quantitative estimate of drug-likeness (QED) is 0.545. The van der Waals surface area contributed by atoms with Crippen molar-refractivity contribution in [2.45, 2.75) is 32.4 Å². The third kappa shape index (κ3) is 9.65. The number of hydrogen-bond donors (Lipinski definition) is 3. The minimum Gasteiger partial charge on any atom is -0.462 e. The van der Waals surface area contributed by atoms with Crippen molar-refractivity contribution in [2.75, 3.05) is 26.2 Å². The number of nitrogens with one attached hydrogen (secondary N) is 2. The van der Waals surface area contributed by atoms with Crippen molar-refractivity contribution >= 4 is 6.47 Å². The van der Waals surface area contributed by atoms with E-state index in [1.165, 1.54) is 0 Å². The molecular formula is C10H22N2O3. The number of hydrogen-bond acceptors (Lipinski definition) is 5. The highest BCUT2D eigenvalue weighted by Gasteiger charge is 2.08. The van der Waals surface area contributed by atoms with Crippen molar-refractivity contribution in [3.05, 3.63) is 0 Å². The number of carbonyl (C=O) groups excluding carboxylic acids is 1. The first kappa shape index (κ1) is 14.3. The Bertz CT molecular complexity index is 163. The van der Waals surface area contributed by atoms with Gasteiger partial charge in [0.05, 0.1) is 6.61 Å². The van der Waals surface area contributed by atoms with Crippen LogP contribution in [0.1, 0.15) is 20.8 Å². The molecule has 0 aromatic carbocycles. The molecule has 0 bridgehead atoms. The minimum atomic E-state index is -0.318. The molecule has 1 atom stereocenters. The Hall–Kier alpha value is -0.650. The van der Waals surface area contributed by atoms with Gasteiger partial charge in [0.15, 0.2) is 0 Å². The van der Waals surface area contributed by atoms with Crippen LogP contribution >= 0.6 is 0 Å². The molecule has 1 rings (SSSR count). The Morgan fingerprint density at radius 3 is 2.33 bits per heavy atom. The van der Waals surface area contributed by atoms with E-state index in [4.69, 9.17) is 5.11 Å². The second kappa shape index (κ2) is 7.62. The number of rotatable bonds is 2. The summed E-state index contributed by atoms with van der Waals surface area (Å²) in [5, 5.41) is 14.9. The lowest BCUT2D eigenvalue weighted by molar-refractivity contribution is -0.138. The molecule has 3 N–H and O–H groups in total. The highest BCUT2D eigenvalue weighted by molar-refractivity contribution is 5.37. The Morgan fingerprint density at radius 1 is 1.47 bits per heavy atom. The number of ether oxygens (including phenoxy) is 1. The van der Waals surface area contributed by atoms with Gasteiger partial charge in [-0.1, -0.05) is 0 Å². The lowest BCUT2D eigenvalue weighted by atomic mass is 10.2. The molecular weight excluding hydrogens is 196 g/mol. The summed E-state index contributed by atoms with van der Waals surface area (Å²) in [7, 11) is 0. The normalized spacial score (nSPS) is 21.2. The fourth-order valence-electron chi connectivity index (χ4n) is 0.987. The van der Waals surface area contributed by atoms with E-state index in [-0.39, 0.29) is 18.2 Å². The van der Waals surface area contributed by atoms with E-state index in [1.54, 1.807) is 0 Å². The number of aliphatic hydroxyl groups excluding tert-OH is 1. The van der Waals surface area contributed by atoms with Crippen LogP contribution in [-0.2, 0) is 9.53 Å². The number of piperazine rings is 1. The first-order valence-corrected chi connectivity index (χ1v) is 5.16. The van der Waals surface area contributed by atoms with Crippen LogP contribution in [0.5, 0.6) is 0 Å². The second-order valence-electron chi connectivity index (χ2n) is 4.36. The van der Waals surface area contributed by atoms with E-state index in [0.717, 1.165) is 19.6 Å². The van der Waals surface area contributed by atoms with Crippen LogP contribution in [0.15, 0.2) is 0 Å². The molecule has 1 fully saturated rings. The highest BCUT2D eigenvalue weighted by Crippen LogP contribution is 2.02. The molecule has 0 saturated carbocycles. The van der Waals surface area contributed by atoms with Gasteiger partial charge in [-0.25, -0.2) is 0 Å². The van der Waals surface area contributed by atoms with Crippen molar-refractivity contribution in [3.8, 4) is 0 Å². The van der Waals surface area contributed by atoms with Crippen molar-refractivity contribution < 1.29 is 14.6 Å². The molecule has 15 heavy (non-hydrogen) atoms. The van der Waals surface area contributed by atoms with E-state index >= 15 is 0 Å². The molecule has 5 heteroatoms. The molecule has 1 aliphatic rings. The Kier molecular flexibility index (Phi) is 7.29. The summed E-state index contributed by atoms with van der Waals surface area (Å²) >= 11 is 0. The summed E-state index contributed by atoms with van der Waals surface area (Å²) in [6, 6.07) is 0.281. The maximum Gasteiger partial charge on any atom is 0.293 e. The molecule has 0 aromatic heterocycles. The average molecular weight is 218 g/mol. The largest absolute Gasteiger partial charge is 0.462 e. The maximum absolute atomic E-state index is 9.60. The van der Waals surface area contributed by atoms with Gasteiger partial charge in [-0.15, -0.1) is 0 Å². The van der Waals surface area contributed by atoms with Crippen LogP contribution < -0.4 is 10.6 Å². The number of aliphatic hydroxyl groups is 1. The van der Waals surface area contributed by atoms with Crippen LogP contribution in [0.2, 0.25) is 0 Å². The monoisotopic (exact) mass is 218 g/mol. The third-order valence-corrected chi connectivity index (χ3v) is 1.75. The molecule has 1 unspecified atom stereocenters. The van der Waals surface area contributed by atoms with Crippen LogP contribution in [0.4, 0.5) is 0 Å². The van der Waals surface area contributed by atoms with Gasteiger partial charge < -0.3 is 20.5 Å². The maximum atomic E-state index is 9.60. The number of carbonyl (C=O) groups is 1. The summed E-state index contributed by atoms with van der Waals surface area (Å²) in [5.41, 5.74) is -0.318. The van der Waals surface area contributed by atoms with Crippen LogP contribution in [0, 0.1) is 0 Å². The zero-order valence-corrected chi connectivity index (χ0v) is 9.75. The van der Waals surface area contributed by atoms with Crippen LogP contribution in [0.25, 0.3) is 0 Å². The molecule has 0 aromatic rings. The van der Waals surface area contributed by atoms with Crippen molar-refractivity contribution in [2.24, 2.45) is 0 Å². The summed E-state index contributed by atoms with van der Waals surface area (Å²) < 4.78 is 4.55. The topological polar surface area (TPSA) is 70.6 Å². The fraction of sp³-hybridized carbons (Fsp3) is 0.900. The molecule has 0 spiro atoms. The molecule has 1 aliphatic heterocycles. The third-order valence-electron chi connectivity index (χ3n) is 1.75. The van der Waals surface area contributed by atoms with Gasteiger partial charge in [-0.05, 0) is 20.8 Å². The summed E-state index contributed by atoms with van der Waals surface area (Å²) in [6.45, 7) is 9.06. The Morgan fingerprint density at radius 2 is 2.13 bits per heavy atom. The van der Waals surface area contributed by atoms with Gasteiger partial charge in [0.1, 0.15) is 5.60 Å². The Labute approximate surface area is 91.2 Å². The Balaban J connectivity index is 0.000000265. The SMILES string of the molecule is CC(C)(C)OC=O.OCC1CNCCN1. The molecule has 0 amide bonds. The zero-order chi connectivity index (χ0) is 11.7. The molecule has 1 heterocycles. The molecule has 1 saturated heterocycles. The molecule has 0 radical (unpaired) electrons. The van der Waals surface area contributed by atoms with Gasteiger partial charge in [0.25, 0.3) is 6.47 Å². The van der Waals surface area contributed by atoms with Gasteiger partial charge in [-0.3, -0.25) is 4.79 Å². The van der Waals surface area contributed by atoms with E-state index in [1.807, 2.05) is 20.8 Å². The highest BCUT2D eigenvalue weighted by atomic mass is 16.5. The average Bonchev–Trinajstić information content (AvgIpc) is 2.18. The molecule has 0 aliphatic carbocycles. The van der Waals surface area contributed by atoms with Crippen molar-refractivity contribution in [3.63, 3.8) is 0 Å². The summed E-state index contributed by atoms with van der Waals surface area (Å²) in [5.74, 6) is 0. The van der Waals surface area contributed by atoms with Crippen molar-refractivity contribution in [1.29, 1.82) is 0 Å². The first-order chi connectivity index (χ1) is 6.99. The fourth-order valence-corrected chi connectivity index (χ4v) is 0.987. The van der Waals surface area contributed by atoms with E-state index in [9.17, 15) is 4.79 Å². The van der Waals surface area contributed by atoms with E-state index in [2.05, 4.69) is 15.4 Å². The van der Waals surface area contributed by atoms with Crippen LogP contribution in [-0.4, -0.2) is 49.5 Å². The first-order valence-electron chi connectivity index (χ1n) is 5.16. The van der Waals surface area contributed by atoms with Gasteiger partial charge in [0.2, 0.25) is 0 Å². The zero-order valence-electron chi connectivity index (χ0n) is 9.75.